The molecule has 0 aliphatic rings. The molecule has 1 N–H and O–H groups in total. The fraction of sp³-hybridized carbons (Fsp3) is 0.148. The molecule has 178 valence electrons. The topological polar surface area (TPSA) is 71.5 Å². The van der Waals surface area contributed by atoms with Crippen molar-refractivity contribution < 1.29 is 18.7 Å². The Hall–Kier alpha value is -4.04. The van der Waals surface area contributed by atoms with Crippen LogP contribution in [0.3, 0.4) is 0 Å². The number of carbonyl (C=O) groups excluding carboxylic acids is 2. The molecule has 4 aromatic rings. The molecule has 2 aromatic heterocycles. The Bertz CT molecular complexity index is 1260. The van der Waals surface area contributed by atoms with Gasteiger partial charge in [-0.15, -0.1) is 11.3 Å². The summed E-state index contributed by atoms with van der Waals surface area (Å²) in [7, 11) is 1.58. The summed E-state index contributed by atoms with van der Waals surface area (Å²) >= 11 is 1.45. The number of anilines is 1. The number of pyridine rings is 1. The van der Waals surface area contributed by atoms with E-state index >= 15 is 4.39 Å². The minimum Gasteiger partial charge on any atom is -0.497 e. The lowest BCUT2D eigenvalue weighted by atomic mass is 10.0. The zero-order valence-corrected chi connectivity index (χ0v) is 19.9. The summed E-state index contributed by atoms with van der Waals surface area (Å²) in [6, 6.07) is 19.1. The van der Waals surface area contributed by atoms with Crippen molar-refractivity contribution in [3.8, 4) is 5.75 Å². The van der Waals surface area contributed by atoms with Crippen molar-refractivity contribution in [1.82, 2.24) is 10.3 Å². The molecule has 8 heteroatoms. The molecular formula is C27H24FN3O3S. The lowest BCUT2D eigenvalue weighted by molar-refractivity contribution is -0.126. The first kappa shape index (κ1) is 24.1. The van der Waals surface area contributed by atoms with Gasteiger partial charge in [-0.05, 0) is 47.3 Å². The highest BCUT2D eigenvalue weighted by molar-refractivity contribution is 7.10. The van der Waals surface area contributed by atoms with Gasteiger partial charge < -0.3 is 10.1 Å². The quantitative estimate of drug-likeness (QED) is 0.362. The first-order valence-electron chi connectivity index (χ1n) is 11.0. The van der Waals surface area contributed by atoms with E-state index in [0.717, 1.165) is 10.4 Å². The summed E-state index contributed by atoms with van der Waals surface area (Å²) in [4.78, 5) is 33.5. The molecule has 2 heterocycles. The van der Waals surface area contributed by atoms with Crippen LogP contribution in [0.2, 0.25) is 0 Å². The number of nitrogens with one attached hydrogen (secondary N) is 1. The smallest absolute Gasteiger partial charge is 0.248 e. The van der Waals surface area contributed by atoms with Gasteiger partial charge >= 0.3 is 0 Å². The zero-order valence-electron chi connectivity index (χ0n) is 19.1. The number of methoxy groups -OCH3 is 1. The standard InChI is InChI=1S/C27H24FN3O3S/c1-34-21-12-10-19(11-13-21)17-30-27(33)26(23-8-2-3-9-24(23)28)31(20-6-4-14-29-18-20)25(32)16-22-7-5-15-35-22/h2-15,18,26H,16-17H2,1H3,(H,30,33)/t26-/m1/s1. The number of thiophene rings is 1. The summed E-state index contributed by atoms with van der Waals surface area (Å²) in [6.07, 6.45) is 3.15. The highest BCUT2D eigenvalue weighted by Gasteiger charge is 2.34. The van der Waals surface area contributed by atoms with Crippen molar-refractivity contribution in [2.24, 2.45) is 0 Å². The van der Waals surface area contributed by atoms with Crippen molar-refractivity contribution in [3.05, 3.63) is 112 Å². The van der Waals surface area contributed by atoms with Crippen molar-refractivity contribution in [2.75, 3.05) is 12.0 Å². The van der Waals surface area contributed by atoms with E-state index in [4.69, 9.17) is 4.74 Å². The molecule has 0 saturated heterocycles. The van der Waals surface area contributed by atoms with Crippen LogP contribution < -0.4 is 15.0 Å². The van der Waals surface area contributed by atoms with Gasteiger partial charge in [-0.2, -0.15) is 0 Å². The number of hydrogen-bond acceptors (Lipinski definition) is 5. The average Bonchev–Trinajstić information content (AvgIpc) is 3.40. The molecule has 0 saturated carbocycles. The van der Waals surface area contributed by atoms with E-state index in [1.54, 1.807) is 49.7 Å². The van der Waals surface area contributed by atoms with Crippen LogP contribution in [0.4, 0.5) is 10.1 Å². The van der Waals surface area contributed by atoms with Crippen LogP contribution in [0.5, 0.6) is 5.75 Å². The maximum atomic E-state index is 15.0. The number of benzene rings is 2. The number of nitrogens with zero attached hydrogens (tertiary/aromatic N) is 2. The predicted molar refractivity (Wildman–Crippen MR) is 134 cm³/mol. The molecular weight excluding hydrogens is 465 g/mol. The summed E-state index contributed by atoms with van der Waals surface area (Å²) < 4.78 is 20.2. The number of ether oxygens (including phenoxy) is 1. The van der Waals surface area contributed by atoms with E-state index in [9.17, 15) is 9.59 Å². The molecule has 0 radical (unpaired) electrons. The van der Waals surface area contributed by atoms with Crippen LogP contribution in [0, 0.1) is 5.82 Å². The SMILES string of the molecule is COc1ccc(CNC(=O)[C@@H](c2ccccc2F)N(C(=O)Cc2cccs2)c2cccnc2)cc1. The summed E-state index contributed by atoms with van der Waals surface area (Å²) in [5.41, 5.74) is 1.34. The molecule has 1 atom stereocenters. The molecule has 0 spiro atoms. The monoisotopic (exact) mass is 489 g/mol. The number of rotatable bonds is 9. The Kier molecular flexibility index (Phi) is 7.84. The van der Waals surface area contributed by atoms with Crippen molar-refractivity contribution >= 4 is 28.8 Å². The molecule has 2 amide bonds. The van der Waals surface area contributed by atoms with E-state index in [2.05, 4.69) is 10.3 Å². The fourth-order valence-corrected chi connectivity index (χ4v) is 4.40. The second-order valence-electron chi connectivity index (χ2n) is 7.72. The summed E-state index contributed by atoms with van der Waals surface area (Å²) in [5.74, 6) is -0.719. The Morgan fingerprint density at radius 1 is 1.06 bits per heavy atom. The highest BCUT2D eigenvalue weighted by atomic mass is 32.1. The third-order valence-corrected chi connectivity index (χ3v) is 6.31. The van der Waals surface area contributed by atoms with Crippen molar-refractivity contribution in [2.45, 2.75) is 19.0 Å². The lowest BCUT2D eigenvalue weighted by Gasteiger charge is -2.31. The van der Waals surface area contributed by atoms with E-state index in [1.165, 1.54) is 34.6 Å². The van der Waals surface area contributed by atoms with Crippen LogP contribution >= 0.6 is 11.3 Å². The van der Waals surface area contributed by atoms with Gasteiger partial charge in [-0.25, -0.2) is 4.39 Å². The minimum atomic E-state index is -1.23. The van der Waals surface area contributed by atoms with E-state index < -0.39 is 17.8 Å². The van der Waals surface area contributed by atoms with Gasteiger partial charge in [-0.1, -0.05) is 36.4 Å². The van der Waals surface area contributed by atoms with E-state index in [1.807, 2.05) is 29.6 Å². The number of amides is 2. The zero-order chi connectivity index (χ0) is 24.6. The predicted octanol–water partition coefficient (Wildman–Crippen LogP) is 4.92. The van der Waals surface area contributed by atoms with Crippen molar-refractivity contribution in [1.29, 1.82) is 0 Å². The lowest BCUT2D eigenvalue weighted by Crippen LogP contribution is -2.44. The maximum Gasteiger partial charge on any atom is 0.248 e. The second kappa shape index (κ2) is 11.4. The third-order valence-electron chi connectivity index (χ3n) is 5.43. The molecule has 4 rings (SSSR count). The number of aromatic nitrogens is 1. The van der Waals surface area contributed by atoms with Gasteiger partial charge in [0.2, 0.25) is 11.8 Å². The Balaban J connectivity index is 1.69. The molecule has 35 heavy (non-hydrogen) atoms. The normalized spacial score (nSPS) is 11.5. The molecule has 0 aliphatic carbocycles. The molecule has 6 nitrogen and oxygen atoms in total. The second-order valence-corrected chi connectivity index (χ2v) is 8.75. The van der Waals surface area contributed by atoms with Crippen LogP contribution in [-0.2, 0) is 22.6 Å². The Morgan fingerprint density at radius 2 is 1.86 bits per heavy atom. The van der Waals surface area contributed by atoms with Crippen LogP contribution in [-0.4, -0.2) is 23.9 Å². The summed E-state index contributed by atoms with van der Waals surface area (Å²) in [6.45, 7) is 0.202. The Labute approximate surface area is 207 Å². The third kappa shape index (κ3) is 5.91. The fourth-order valence-electron chi connectivity index (χ4n) is 3.70. The molecule has 0 aliphatic heterocycles. The number of hydrogen-bond donors (Lipinski definition) is 1. The Morgan fingerprint density at radius 3 is 2.51 bits per heavy atom. The van der Waals surface area contributed by atoms with Gasteiger partial charge in [-0.3, -0.25) is 19.5 Å². The highest BCUT2D eigenvalue weighted by Crippen LogP contribution is 2.30. The molecule has 0 bridgehead atoms. The molecule has 0 fully saturated rings. The molecule has 2 aromatic carbocycles. The number of carbonyl (C=O) groups is 2. The van der Waals surface area contributed by atoms with Crippen LogP contribution in [0.15, 0.2) is 90.6 Å². The first-order valence-corrected chi connectivity index (χ1v) is 11.8. The van der Waals surface area contributed by atoms with Gasteiger partial charge in [0.1, 0.15) is 17.6 Å². The number of halogens is 1. The van der Waals surface area contributed by atoms with Gasteiger partial charge in [0.15, 0.2) is 0 Å². The van der Waals surface area contributed by atoms with E-state index in [0.29, 0.717) is 11.4 Å². The molecule has 0 unspecified atom stereocenters. The van der Waals surface area contributed by atoms with Gasteiger partial charge in [0.25, 0.3) is 0 Å². The van der Waals surface area contributed by atoms with Crippen molar-refractivity contribution in [3.63, 3.8) is 0 Å². The first-order chi connectivity index (χ1) is 17.1. The minimum absolute atomic E-state index is 0.0727. The van der Waals surface area contributed by atoms with Gasteiger partial charge in [0, 0.05) is 23.2 Å². The maximum absolute atomic E-state index is 15.0. The largest absolute Gasteiger partial charge is 0.497 e. The summed E-state index contributed by atoms with van der Waals surface area (Å²) in [5, 5.41) is 4.75. The van der Waals surface area contributed by atoms with Crippen LogP contribution in [0.25, 0.3) is 0 Å². The van der Waals surface area contributed by atoms with Crippen LogP contribution in [0.1, 0.15) is 22.0 Å². The van der Waals surface area contributed by atoms with E-state index in [-0.39, 0.29) is 24.4 Å². The van der Waals surface area contributed by atoms with Gasteiger partial charge in [0.05, 0.1) is 25.4 Å². The average molecular weight is 490 g/mol.